The largest absolute Gasteiger partial charge is 0.339 e. The third-order valence-electron chi connectivity index (χ3n) is 4.31. The van der Waals surface area contributed by atoms with Crippen LogP contribution in [0.3, 0.4) is 0 Å². The third kappa shape index (κ3) is 4.64. The summed E-state index contributed by atoms with van der Waals surface area (Å²) in [5, 5.41) is 2.67. The standard InChI is InChI=1S/C20H24N4O4/c1-5-24(6-2)19(27)14-8-7-9-16(12-14)21-17(25)11-10-15-13-22(3)20(28)23(4)18(15)26/h7-13H,5-6H2,1-4H3,(H,21,25)/b11-10+. The van der Waals surface area contributed by atoms with Crippen LogP contribution in [0.2, 0.25) is 0 Å². The van der Waals surface area contributed by atoms with Crippen LogP contribution in [0.15, 0.2) is 46.1 Å². The maximum absolute atomic E-state index is 12.4. The van der Waals surface area contributed by atoms with Crippen molar-refractivity contribution in [3.05, 3.63) is 68.5 Å². The van der Waals surface area contributed by atoms with E-state index in [1.54, 1.807) is 29.2 Å². The monoisotopic (exact) mass is 384 g/mol. The van der Waals surface area contributed by atoms with E-state index in [9.17, 15) is 19.2 Å². The number of carbonyl (C=O) groups is 2. The van der Waals surface area contributed by atoms with E-state index in [1.807, 2.05) is 13.8 Å². The molecule has 0 saturated heterocycles. The maximum atomic E-state index is 12.4. The first kappa shape index (κ1) is 20.9. The van der Waals surface area contributed by atoms with Crippen molar-refractivity contribution < 1.29 is 9.59 Å². The lowest BCUT2D eigenvalue weighted by Gasteiger charge is -2.18. The van der Waals surface area contributed by atoms with Crippen LogP contribution in [-0.4, -0.2) is 38.9 Å². The van der Waals surface area contributed by atoms with Crippen LogP contribution < -0.4 is 16.6 Å². The zero-order valence-electron chi connectivity index (χ0n) is 16.4. The molecule has 0 atom stereocenters. The van der Waals surface area contributed by atoms with Crippen molar-refractivity contribution in [3.63, 3.8) is 0 Å². The fraction of sp³-hybridized carbons (Fsp3) is 0.300. The molecule has 2 aromatic rings. The molecule has 0 aliphatic carbocycles. The lowest BCUT2D eigenvalue weighted by molar-refractivity contribution is -0.111. The van der Waals surface area contributed by atoms with Gasteiger partial charge in [-0.05, 0) is 38.1 Å². The van der Waals surface area contributed by atoms with E-state index in [0.717, 1.165) is 4.57 Å². The highest BCUT2D eigenvalue weighted by atomic mass is 16.2. The Kier molecular flexibility index (Phi) is 6.70. The molecule has 28 heavy (non-hydrogen) atoms. The summed E-state index contributed by atoms with van der Waals surface area (Å²) in [7, 11) is 2.90. The number of amides is 2. The van der Waals surface area contributed by atoms with Gasteiger partial charge in [0.2, 0.25) is 5.91 Å². The van der Waals surface area contributed by atoms with Gasteiger partial charge in [-0.3, -0.25) is 19.0 Å². The fourth-order valence-electron chi connectivity index (χ4n) is 2.72. The van der Waals surface area contributed by atoms with E-state index in [4.69, 9.17) is 0 Å². The van der Waals surface area contributed by atoms with Crippen LogP contribution in [0.5, 0.6) is 0 Å². The molecule has 0 aliphatic rings. The van der Waals surface area contributed by atoms with E-state index in [2.05, 4.69) is 5.32 Å². The van der Waals surface area contributed by atoms with E-state index < -0.39 is 17.2 Å². The van der Waals surface area contributed by atoms with E-state index in [0.29, 0.717) is 24.3 Å². The van der Waals surface area contributed by atoms with Crippen molar-refractivity contribution in [3.8, 4) is 0 Å². The van der Waals surface area contributed by atoms with E-state index >= 15 is 0 Å². The summed E-state index contributed by atoms with van der Waals surface area (Å²) in [5.74, 6) is -0.561. The van der Waals surface area contributed by atoms with Crippen LogP contribution in [-0.2, 0) is 18.9 Å². The zero-order chi connectivity index (χ0) is 20.8. The van der Waals surface area contributed by atoms with Gasteiger partial charge in [-0.1, -0.05) is 6.07 Å². The minimum absolute atomic E-state index is 0.106. The molecule has 0 radical (unpaired) electrons. The minimum atomic E-state index is -0.487. The second-order valence-corrected chi connectivity index (χ2v) is 6.22. The molecule has 0 aliphatic heterocycles. The number of nitrogens with zero attached hydrogens (tertiary/aromatic N) is 3. The highest BCUT2D eigenvalue weighted by Gasteiger charge is 2.13. The molecule has 0 bridgehead atoms. The van der Waals surface area contributed by atoms with Crippen LogP contribution in [0.4, 0.5) is 5.69 Å². The number of rotatable bonds is 6. The molecular formula is C20H24N4O4. The summed E-state index contributed by atoms with van der Waals surface area (Å²) >= 11 is 0. The second kappa shape index (κ2) is 8.98. The average molecular weight is 384 g/mol. The molecule has 0 saturated carbocycles. The first-order valence-corrected chi connectivity index (χ1v) is 8.93. The Hall–Kier alpha value is -3.42. The van der Waals surface area contributed by atoms with Gasteiger partial charge >= 0.3 is 5.69 Å². The molecule has 1 aromatic carbocycles. The van der Waals surface area contributed by atoms with Crippen LogP contribution in [0.25, 0.3) is 6.08 Å². The molecule has 0 spiro atoms. The first-order valence-electron chi connectivity index (χ1n) is 8.93. The van der Waals surface area contributed by atoms with Crippen molar-refractivity contribution >= 4 is 23.6 Å². The van der Waals surface area contributed by atoms with Gasteiger partial charge in [0.05, 0.1) is 5.56 Å². The predicted octanol–water partition coefficient (Wildman–Crippen LogP) is 1.22. The van der Waals surface area contributed by atoms with Gasteiger partial charge in [0, 0.05) is 50.7 Å². The van der Waals surface area contributed by atoms with Crippen molar-refractivity contribution in [2.45, 2.75) is 13.8 Å². The first-order chi connectivity index (χ1) is 13.3. The van der Waals surface area contributed by atoms with Gasteiger partial charge in [-0.15, -0.1) is 0 Å². The summed E-state index contributed by atoms with van der Waals surface area (Å²) in [6.45, 7) is 5.01. The van der Waals surface area contributed by atoms with Gasteiger partial charge in [0.15, 0.2) is 0 Å². The van der Waals surface area contributed by atoms with Gasteiger partial charge in [-0.2, -0.15) is 0 Å². The van der Waals surface area contributed by atoms with Crippen LogP contribution >= 0.6 is 0 Å². The zero-order valence-corrected chi connectivity index (χ0v) is 16.4. The Morgan fingerprint density at radius 2 is 1.82 bits per heavy atom. The Morgan fingerprint density at radius 3 is 2.46 bits per heavy atom. The number of hydrogen-bond acceptors (Lipinski definition) is 4. The number of carbonyl (C=O) groups excluding carboxylic acids is 2. The topological polar surface area (TPSA) is 93.4 Å². The van der Waals surface area contributed by atoms with Gasteiger partial charge in [0.25, 0.3) is 11.5 Å². The molecule has 1 N–H and O–H groups in total. The molecule has 0 unspecified atom stereocenters. The molecule has 1 aromatic heterocycles. The van der Waals surface area contributed by atoms with Crippen molar-refractivity contribution in [2.24, 2.45) is 14.1 Å². The SMILES string of the molecule is CCN(CC)C(=O)c1cccc(NC(=O)/C=C/c2cn(C)c(=O)n(C)c2=O)c1. The number of aromatic nitrogens is 2. The van der Waals surface area contributed by atoms with Gasteiger partial charge in [-0.25, -0.2) is 4.79 Å². The Bertz CT molecular complexity index is 1030. The summed E-state index contributed by atoms with van der Waals surface area (Å²) < 4.78 is 2.24. The summed E-state index contributed by atoms with van der Waals surface area (Å²) in [5.41, 5.74) is 0.240. The highest BCUT2D eigenvalue weighted by molar-refractivity contribution is 6.03. The lowest BCUT2D eigenvalue weighted by atomic mass is 10.1. The number of aryl methyl sites for hydroxylation is 1. The summed E-state index contributed by atoms with van der Waals surface area (Å²) in [6, 6.07) is 6.67. The number of benzene rings is 1. The van der Waals surface area contributed by atoms with E-state index in [-0.39, 0.29) is 11.5 Å². The van der Waals surface area contributed by atoms with Crippen molar-refractivity contribution in [1.29, 1.82) is 0 Å². The minimum Gasteiger partial charge on any atom is -0.339 e. The Balaban J connectivity index is 2.17. The lowest BCUT2D eigenvalue weighted by Crippen LogP contribution is -2.37. The van der Waals surface area contributed by atoms with Crippen LogP contribution in [0.1, 0.15) is 29.8 Å². The third-order valence-corrected chi connectivity index (χ3v) is 4.31. The maximum Gasteiger partial charge on any atom is 0.330 e. The molecule has 148 valence electrons. The quantitative estimate of drug-likeness (QED) is 0.758. The summed E-state index contributed by atoms with van der Waals surface area (Å²) in [6.07, 6.45) is 3.93. The number of nitrogens with one attached hydrogen (secondary N) is 1. The smallest absolute Gasteiger partial charge is 0.330 e. The van der Waals surface area contributed by atoms with Gasteiger partial charge in [0.1, 0.15) is 0 Å². The highest BCUT2D eigenvalue weighted by Crippen LogP contribution is 2.13. The number of hydrogen-bond donors (Lipinski definition) is 1. The summed E-state index contributed by atoms with van der Waals surface area (Å²) in [4.78, 5) is 50.1. The molecule has 1 heterocycles. The van der Waals surface area contributed by atoms with Crippen LogP contribution in [0, 0.1) is 0 Å². The molecule has 2 rings (SSSR count). The fourth-order valence-corrected chi connectivity index (χ4v) is 2.72. The Labute approximate surface area is 162 Å². The normalized spacial score (nSPS) is 10.9. The molecular weight excluding hydrogens is 360 g/mol. The molecule has 2 amide bonds. The van der Waals surface area contributed by atoms with E-state index in [1.165, 1.54) is 37.0 Å². The molecule has 0 fully saturated rings. The Morgan fingerprint density at radius 1 is 1.14 bits per heavy atom. The average Bonchev–Trinajstić information content (AvgIpc) is 2.69. The number of anilines is 1. The van der Waals surface area contributed by atoms with Crippen molar-refractivity contribution in [1.82, 2.24) is 14.0 Å². The van der Waals surface area contributed by atoms with Crippen molar-refractivity contribution in [2.75, 3.05) is 18.4 Å². The predicted molar refractivity (Wildman–Crippen MR) is 108 cm³/mol. The molecule has 8 heteroatoms. The van der Waals surface area contributed by atoms with Gasteiger partial charge < -0.3 is 14.8 Å². The second-order valence-electron chi connectivity index (χ2n) is 6.22. The molecule has 8 nitrogen and oxygen atoms in total.